The van der Waals surface area contributed by atoms with Crippen LogP contribution in [-0.2, 0) is 16.1 Å². The fourth-order valence-electron chi connectivity index (χ4n) is 6.64. The molecule has 3 aliphatic rings. The van der Waals surface area contributed by atoms with E-state index in [1.807, 2.05) is 6.08 Å². The maximum absolute atomic E-state index is 13.8. The van der Waals surface area contributed by atoms with Crippen molar-refractivity contribution in [3.05, 3.63) is 96.8 Å². The third kappa shape index (κ3) is 3.43. The molecule has 39 heavy (non-hydrogen) atoms. The van der Waals surface area contributed by atoms with E-state index in [1.54, 1.807) is 56.3 Å². The zero-order chi connectivity index (χ0) is 27.8. The number of hydrogen-bond donors (Lipinski definition) is 1. The summed E-state index contributed by atoms with van der Waals surface area (Å²) in [6, 6.07) is 11.5. The number of carbonyl (C=O) groups excluding carboxylic acids is 2. The molecule has 200 valence electrons. The lowest BCUT2D eigenvalue weighted by Gasteiger charge is -2.52. The fourth-order valence-corrected chi connectivity index (χ4v) is 7.10. The zero-order valence-electron chi connectivity index (χ0n) is 21.6. The first-order valence-electron chi connectivity index (χ1n) is 12.6. The molecule has 2 aromatic carbocycles. The molecule has 2 heterocycles. The van der Waals surface area contributed by atoms with Crippen molar-refractivity contribution in [2.45, 2.75) is 38.8 Å². The van der Waals surface area contributed by atoms with Crippen LogP contribution in [0.2, 0.25) is 0 Å². The molecule has 0 saturated heterocycles. The van der Waals surface area contributed by atoms with Gasteiger partial charge in [0.05, 0.1) is 35.3 Å². The molecule has 6 rings (SSSR count). The molecular weight excluding hydrogens is 566 g/mol. The van der Waals surface area contributed by atoms with Gasteiger partial charge in [0.1, 0.15) is 0 Å². The van der Waals surface area contributed by atoms with E-state index in [0.717, 1.165) is 10.1 Å². The number of ether oxygens (including phenoxy) is 1. The Bertz CT molecular complexity index is 1740. The molecule has 1 aromatic heterocycles. The smallest absolute Gasteiger partial charge is 0.352 e. The minimum atomic E-state index is -1.14. The molecule has 0 bridgehead atoms. The summed E-state index contributed by atoms with van der Waals surface area (Å²) in [6.45, 7) is 3.56. The van der Waals surface area contributed by atoms with Gasteiger partial charge in [0.15, 0.2) is 23.1 Å². The first kappa shape index (κ1) is 25.4. The number of phenols is 1. The van der Waals surface area contributed by atoms with Crippen molar-refractivity contribution in [2.75, 3.05) is 7.11 Å². The van der Waals surface area contributed by atoms with Crippen LogP contribution in [0.15, 0.2) is 79.8 Å². The Morgan fingerprint density at radius 1 is 1.08 bits per heavy atom. The Balaban J connectivity index is 1.61. The number of hydrogen-bond acceptors (Lipinski definition) is 6. The SMILES string of the molecule is COc1cc([C@H]2C3=CCn4c(=O)n(-c5ccccc5)c(=O)n4[C@@H]3C[C@H]3C(=O)C(C)=CC(=O)[C@@]23C)cc(Br)c1O. The predicted molar refractivity (Wildman–Crippen MR) is 146 cm³/mol. The Morgan fingerprint density at radius 2 is 1.79 bits per heavy atom. The summed E-state index contributed by atoms with van der Waals surface area (Å²) in [5.41, 5.74) is 0.137. The number of nitrogens with zero attached hydrogens (tertiary/aromatic N) is 3. The van der Waals surface area contributed by atoms with Gasteiger partial charge in [-0.2, -0.15) is 0 Å². The third-order valence-corrected chi connectivity index (χ3v) is 9.16. The van der Waals surface area contributed by atoms with Crippen molar-refractivity contribution >= 4 is 27.5 Å². The molecule has 9 nitrogen and oxygen atoms in total. The molecule has 0 radical (unpaired) electrons. The predicted octanol–water partition coefficient (Wildman–Crippen LogP) is 3.67. The molecule has 3 aromatic rings. The highest BCUT2D eigenvalue weighted by atomic mass is 79.9. The summed E-state index contributed by atoms with van der Waals surface area (Å²) in [5, 5.41) is 10.5. The Hall–Kier alpha value is -3.92. The number of rotatable bonds is 3. The number of ketones is 2. The van der Waals surface area contributed by atoms with E-state index in [4.69, 9.17) is 4.74 Å². The summed E-state index contributed by atoms with van der Waals surface area (Å²) in [5.74, 6) is -1.54. The van der Waals surface area contributed by atoms with E-state index in [-0.39, 0.29) is 36.0 Å². The fraction of sp³-hybridized carbons (Fsp3) is 0.310. The monoisotopic (exact) mass is 591 g/mol. The second kappa shape index (κ2) is 8.81. The number of Topliss-reactive ketones (excluding diaryl/α,β-unsaturated/α-hetero) is 1. The van der Waals surface area contributed by atoms with Gasteiger partial charge in [0, 0.05) is 11.8 Å². The van der Waals surface area contributed by atoms with Crippen LogP contribution >= 0.6 is 15.9 Å². The highest BCUT2D eigenvalue weighted by molar-refractivity contribution is 9.10. The Kier molecular flexibility index (Phi) is 5.73. The summed E-state index contributed by atoms with van der Waals surface area (Å²) in [4.78, 5) is 54.6. The number of carbonyl (C=O) groups is 2. The van der Waals surface area contributed by atoms with Crippen molar-refractivity contribution in [1.82, 2.24) is 13.9 Å². The van der Waals surface area contributed by atoms with Crippen molar-refractivity contribution in [3.8, 4) is 17.2 Å². The molecule has 2 aliphatic carbocycles. The molecule has 1 N–H and O–H groups in total. The summed E-state index contributed by atoms with van der Waals surface area (Å²) in [6.07, 6.45) is 3.50. The van der Waals surface area contributed by atoms with Crippen molar-refractivity contribution < 1.29 is 19.4 Å². The average Bonchev–Trinajstić information content (AvgIpc) is 3.18. The maximum atomic E-state index is 13.8. The minimum absolute atomic E-state index is 0.0836. The van der Waals surface area contributed by atoms with E-state index < -0.39 is 34.7 Å². The number of methoxy groups -OCH3 is 1. The molecule has 1 aliphatic heterocycles. The van der Waals surface area contributed by atoms with Gasteiger partial charge in [0.25, 0.3) is 0 Å². The van der Waals surface area contributed by atoms with E-state index in [2.05, 4.69) is 15.9 Å². The lowest BCUT2D eigenvalue weighted by Crippen LogP contribution is -2.54. The van der Waals surface area contributed by atoms with Crippen LogP contribution < -0.4 is 16.1 Å². The quantitative estimate of drug-likeness (QED) is 0.465. The van der Waals surface area contributed by atoms with Gasteiger partial charge in [-0.25, -0.2) is 23.5 Å². The largest absolute Gasteiger partial charge is 0.503 e. The van der Waals surface area contributed by atoms with E-state index in [0.29, 0.717) is 21.3 Å². The van der Waals surface area contributed by atoms with Gasteiger partial charge < -0.3 is 9.84 Å². The standard InChI is InChI=1S/C29H26BrN3O6/c1-15-11-23(34)29(2)19(25(15)35)14-21-18(24(29)16-12-20(30)26(36)22(13-16)39-3)9-10-31-27(37)32(28(38)33(21)31)17-7-5-4-6-8-17/h4-9,11-13,19,21,24,36H,10,14H2,1-3H3/t19-,21+,24-,29-/m0/s1. The van der Waals surface area contributed by atoms with Crippen molar-refractivity contribution in [1.29, 1.82) is 0 Å². The lowest BCUT2D eigenvalue weighted by atomic mass is 9.51. The number of aromatic nitrogens is 3. The second-order valence-electron chi connectivity index (χ2n) is 10.5. The van der Waals surface area contributed by atoms with Crippen LogP contribution in [0.25, 0.3) is 5.69 Å². The highest BCUT2D eigenvalue weighted by Gasteiger charge is 2.59. The normalized spacial score (nSPS) is 25.8. The van der Waals surface area contributed by atoms with E-state index >= 15 is 0 Å². The van der Waals surface area contributed by atoms with E-state index in [1.165, 1.54) is 22.5 Å². The molecule has 0 spiro atoms. The average molecular weight is 592 g/mol. The van der Waals surface area contributed by atoms with Crippen molar-refractivity contribution in [3.63, 3.8) is 0 Å². The summed E-state index contributed by atoms with van der Waals surface area (Å²) in [7, 11) is 1.44. The lowest BCUT2D eigenvalue weighted by molar-refractivity contribution is -0.139. The molecule has 4 atom stereocenters. The van der Waals surface area contributed by atoms with E-state index in [9.17, 15) is 24.3 Å². The number of phenolic OH excluding ortho intramolecular Hbond substituents is 1. The van der Waals surface area contributed by atoms with Crippen LogP contribution in [0, 0.1) is 11.3 Å². The topological polar surface area (TPSA) is 113 Å². The molecule has 1 saturated carbocycles. The van der Waals surface area contributed by atoms with Crippen LogP contribution in [0.5, 0.6) is 11.5 Å². The van der Waals surface area contributed by atoms with Gasteiger partial charge in [-0.1, -0.05) is 31.2 Å². The number of allylic oxidation sites excluding steroid dienone is 4. The van der Waals surface area contributed by atoms with Crippen molar-refractivity contribution in [2.24, 2.45) is 11.3 Å². The second-order valence-corrected chi connectivity index (χ2v) is 11.4. The van der Waals surface area contributed by atoms with Crippen LogP contribution in [0.4, 0.5) is 0 Å². The summed E-state index contributed by atoms with van der Waals surface area (Å²) >= 11 is 3.39. The first-order valence-corrected chi connectivity index (χ1v) is 13.4. The number of halogens is 1. The van der Waals surface area contributed by atoms with Gasteiger partial charge in [-0.05, 0) is 76.3 Å². The Morgan fingerprint density at radius 3 is 2.49 bits per heavy atom. The van der Waals surface area contributed by atoms with Gasteiger partial charge in [-0.3, -0.25) is 9.59 Å². The van der Waals surface area contributed by atoms with Gasteiger partial charge in [-0.15, -0.1) is 0 Å². The number of fused-ring (bicyclic) bond motifs is 4. The first-order chi connectivity index (χ1) is 18.6. The molecule has 1 fully saturated rings. The zero-order valence-corrected chi connectivity index (χ0v) is 23.1. The number of benzene rings is 2. The molecule has 10 heteroatoms. The van der Waals surface area contributed by atoms with Gasteiger partial charge in [0.2, 0.25) is 0 Å². The number of aromatic hydroxyl groups is 1. The van der Waals surface area contributed by atoms with Gasteiger partial charge >= 0.3 is 11.4 Å². The molecule has 0 amide bonds. The summed E-state index contributed by atoms with van der Waals surface area (Å²) < 4.78 is 9.75. The van der Waals surface area contributed by atoms with Crippen LogP contribution in [-0.4, -0.2) is 37.7 Å². The number of para-hydroxylation sites is 1. The Labute approximate surface area is 231 Å². The maximum Gasteiger partial charge on any atom is 0.352 e. The minimum Gasteiger partial charge on any atom is -0.503 e. The molecule has 0 unspecified atom stereocenters. The highest BCUT2D eigenvalue weighted by Crippen LogP contribution is 2.60. The van der Waals surface area contributed by atoms with Crippen LogP contribution in [0.1, 0.15) is 37.8 Å². The molecular formula is C29H26BrN3O6. The third-order valence-electron chi connectivity index (χ3n) is 8.56. The van der Waals surface area contributed by atoms with Crippen LogP contribution in [0.3, 0.4) is 0 Å².